The van der Waals surface area contributed by atoms with Gasteiger partial charge in [-0.1, -0.05) is 11.6 Å². The minimum absolute atomic E-state index is 0.772. The predicted octanol–water partition coefficient (Wildman–Crippen LogP) is 2.60. The molecule has 19 heavy (non-hydrogen) atoms. The molecule has 3 nitrogen and oxygen atoms in total. The van der Waals surface area contributed by atoms with E-state index in [1.54, 1.807) is 11.8 Å². The van der Waals surface area contributed by atoms with Gasteiger partial charge in [-0.15, -0.1) is 11.8 Å². The highest BCUT2D eigenvalue weighted by Gasteiger charge is 1.95. The Balaban J connectivity index is 1.90. The Kier molecular flexibility index (Phi) is 9.30. The molecule has 0 aliphatic rings. The summed E-state index contributed by atoms with van der Waals surface area (Å²) in [5.74, 6) is 0.972. The van der Waals surface area contributed by atoms with Crippen molar-refractivity contribution in [3.05, 3.63) is 29.3 Å². The normalized spacial score (nSPS) is 11.2. The number of hydrogen-bond acceptors (Lipinski definition) is 4. The zero-order chi connectivity index (χ0) is 13.9. The molecule has 1 rings (SSSR count). The Bertz CT molecular complexity index is 333. The molecule has 0 fully saturated rings. The molecule has 0 aromatic heterocycles. The topological polar surface area (TPSA) is 24.5 Å². The molecule has 1 aromatic carbocycles. The van der Waals surface area contributed by atoms with Gasteiger partial charge in [0, 0.05) is 35.3 Å². The lowest BCUT2D eigenvalue weighted by Gasteiger charge is -2.10. The van der Waals surface area contributed by atoms with Crippen molar-refractivity contribution >= 4 is 23.4 Å². The number of benzene rings is 1. The molecule has 0 radical (unpaired) electrons. The van der Waals surface area contributed by atoms with Gasteiger partial charge in [-0.25, -0.2) is 0 Å². The third kappa shape index (κ3) is 9.30. The monoisotopic (exact) mass is 302 g/mol. The highest BCUT2D eigenvalue weighted by molar-refractivity contribution is 7.99. The van der Waals surface area contributed by atoms with Gasteiger partial charge in [0.1, 0.15) is 0 Å². The number of nitrogens with one attached hydrogen (secondary N) is 1. The van der Waals surface area contributed by atoms with Crippen LogP contribution in [-0.4, -0.2) is 57.6 Å². The SMILES string of the molecule is CN(C)CCNCCOCCSc1ccc(Cl)cc1. The molecule has 0 saturated carbocycles. The number of halogens is 1. The fraction of sp³-hybridized carbons (Fsp3) is 0.571. The summed E-state index contributed by atoms with van der Waals surface area (Å²) < 4.78 is 5.56. The lowest BCUT2D eigenvalue weighted by atomic mass is 10.4. The first-order chi connectivity index (χ1) is 9.18. The summed E-state index contributed by atoms with van der Waals surface area (Å²) in [6.07, 6.45) is 0. The van der Waals surface area contributed by atoms with E-state index in [1.807, 2.05) is 24.3 Å². The Morgan fingerprint density at radius 3 is 2.58 bits per heavy atom. The molecule has 0 spiro atoms. The summed E-state index contributed by atoms with van der Waals surface area (Å²) in [5.41, 5.74) is 0. The molecule has 0 aliphatic heterocycles. The van der Waals surface area contributed by atoms with Gasteiger partial charge in [0.15, 0.2) is 0 Å². The van der Waals surface area contributed by atoms with Crippen LogP contribution in [0.5, 0.6) is 0 Å². The fourth-order valence-electron chi connectivity index (χ4n) is 1.42. The molecule has 0 aliphatic carbocycles. The highest BCUT2D eigenvalue weighted by atomic mass is 35.5. The minimum Gasteiger partial charge on any atom is -0.379 e. The third-order valence-corrected chi connectivity index (χ3v) is 3.70. The van der Waals surface area contributed by atoms with Gasteiger partial charge in [0.2, 0.25) is 0 Å². The van der Waals surface area contributed by atoms with E-state index >= 15 is 0 Å². The van der Waals surface area contributed by atoms with Crippen LogP contribution in [0.25, 0.3) is 0 Å². The maximum atomic E-state index is 5.83. The molecule has 0 unspecified atom stereocenters. The second-order valence-corrected chi connectivity index (χ2v) is 6.07. The first kappa shape index (κ1) is 16.8. The van der Waals surface area contributed by atoms with Crippen LogP contribution < -0.4 is 5.32 Å². The van der Waals surface area contributed by atoms with Crippen molar-refractivity contribution in [3.63, 3.8) is 0 Å². The lowest BCUT2D eigenvalue weighted by molar-refractivity contribution is 0.151. The maximum absolute atomic E-state index is 5.83. The highest BCUT2D eigenvalue weighted by Crippen LogP contribution is 2.19. The summed E-state index contributed by atoms with van der Waals surface area (Å²) in [6.45, 7) is 4.54. The van der Waals surface area contributed by atoms with Crippen LogP contribution >= 0.6 is 23.4 Å². The van der Waals surface area contributed by atoms with Crippen LogP contribution in [0.15, 0.2) is 29.2 Å². The molecule has 1 aromatic rings. The Labute approximate surface area is 125 Å². The summed E-state index contributed by atoms with van der Waals surface area (Å²) in [5, 5.41) is 4.13. The Morgan fingerprint density at radius 1 is 1.16 bits per heavy atom. The molecule has 5 heteroatoms. The minimum atomic E-state index is 0.772. The number of nitrogens with zero attached hydrogens (tertiary/aromatic N) is 1. The van der Waals surface area contributed by atoms with Gasteiger partial charge in [0.05, 0.1) is 13.2 Å². The quantitative estimate of drug-likeness (QED) is 0.530. The summed E-state index contributed by atoms with van der Waals surface area (Å²) in [4.78, 5) is 3.40. The Morgan fingerprint density at radius 2 is 1.89 bits per heavy atom. The van der Waals surface area contributed by atoms with Crippen LogP contribution in [0.1, 0.15) is 0 Å². The van der Waals surface area contributed by atoms with E-state index in [0.29, 0.717) is 0 Å². The van der Waals surface area contributed by atoms with Gasteiger partial charge >= 0.3 is 0 Å². The van der Waals surface area contributed by atoms with Crippen molar-refractivity contribution < 1.29 is 4.74 Å². The molecule has 1 N–H and O–H groups in total. The number of hydrogen-bond donors (Lipinski definition) is 1. The molecular formula is C14H23ClN2OS. The zero-order valence-electron chi connectivity index (χ0n) is 11.7. The van der Waals surface area contributed by atoms with Crippen LogP contribution in [0.4, 0.5) is 0 Å². The maximum Gasteiger partial charge on any atom is 0.0591 e. The van der Waals surface area contributed by atoms with Crippen molar-refractivity contribution in [2.45, 2.75) is 4.90 Å². The molecule has 108 valence electrons. The Hall–Kier alpha value is -0.260. The van der Waals surface area contributed by atoms with E-state index in [4.69, 9.17) is 16.3 Å². The first-order valence-electron chi connectivity index (χ1n) is 6.50. The second-order valence-electron chi connectivity index (χ2n) is 4.47. The van der Waals surface area contributed by atoms with Gasteiger partial charge < -0.3 is 15.0 Å². The molecule has 0 amide bonds. The van der Waals surface area contributed by atoms with Crippen LogP contribution in [0.2, 0.25) is 5.02 Å². The number of likely N-dealkylation sites (N-methyl/N-ethyl adjacent to an activating group) is 1. The average Bonchev–Trinajstić information content (AvgIpc) is 2.38. The van der Waals surface area contributed by atoms with Gasteiger partial charge in [0.25, 0.3) is 0 Å². The van der Waals surface area contributed by atoms with Crippen molar-refractivity contribution in [1.82, 2.24) is 10.2 Å². The van der Waals surface area contributed by atoms with Crippen molar-refractivity contribution in [3.8, 4) is 0 Å². The van der Waals surface area contributed by atoms with Gasteiger partial charge in [-0.2, -0.15) is 0 Å². The van der Waals surface area contributed by atoms with E-state index in [9.17, 15) is 0 Å². The van der Waals surface area contributed by atoms with Crippen molar-refractivity contribution in [2.75, 3.05) is 52.7 Å². The van der Waals surface area contributed by atoms with E-state index in [0.717, 1.165) is 43.6 Å². The fourth-order valence-corrected chi connectivity index (χ4v) is 2.31. The van der Waals surface area contributed by atoms with Gasteiger partial charge in [-0.3, -0.25) is 0 Å². The molecule has 0 heterocycles. The standard InChI is InChI=1S/C14H23ClN2OS/c1-17(2)9-7-16-8-10-18-11-12-19-14-5-3-13(15)4-6-14/h3-6,16H,7-12H2,1-2H3. The number of rotatable bonds is 10. The van der Waals surface area contributed by atoms with Crippen molar-refractivity contribution in [2.24, 2.45) is 0 Å². The third-order valence-electron chi connectivity index (χ3n) is 2.47. The van der Waals surface area contributed by atoms with Crippen molar-refractivity contribution in [1.29, 1.82) is 0 Å². The lowest BCUT2D eigenvalue weighted by Crippen LogP contribution is -2.29. The van der Waals surface area contributed by atoms with E-state index in [2.05, 4.69) is 24.3 Å². The molecule has 0 atom stereocenters. The molecule has 0 bridgehead atoms. The van der Waals surface area contributed by atoms with Gasteiger partial charge in [-0.05, 0) is 38.4 Å². The second kappa shape index (κ2) is 10.5. The summed E-state index contributed by atoms with van der Waals surface area (Å²) in [6, 6.07) is 7.91. The van der Waals surface area contributed by atoms with E-state index in [1.165, 1.54) is 4.90 Å². The predicted molar refractivity (Wildman–Crippen MR) is 84.4 cm³/mol. The smallest absolute Gasteiger partial charge is 0.0591 e. The first-order valence-corrected chi connectivity index (χ1v) is 7.86. The number of ether oxygens (including phenoxy) is 1. The van der Waals surface area contributed by atoms with E-state index < -0.39 is 0 Å². The summed E-state index contributed by atoms with van der Waals surface area (Å²) in [7, 11) is 4.15. The summed E-state index contributed by atoms with van der Waals surface area (Å²) >= 11 is 7.62. The molecular weight excluding hydrogens is 280 g/mol. The largest absolute Gasteiger partial charge is 0.379 e. The van der Waals surface area contributed by atoms with Crippen LogP contribution in [-0.2, 0) is 4.74 Å². The van der Waals surface area contributed by atoms with E-state index in [-0.39, 0.29) is 0 Å². The molecule has 0 saturated heterocycles. The zero-order valence-corrected chi connectivity index (χ0v) is 13.3. The average molecular weight is 303 g/mol. The van der Waals surface area contributed by atoms with Crippen LogP contribution in [0, 0.1) is 0 Å². The number of thioether (sulfide) groups is 1. The van der Waals surface area contributed by atoms with Crippen LogP contribution in [0.3, 0.4) is 0 Å².